The van der Waals surface area contributed by atoms with Gasteiger partial charge in [-0.3, -0.25) is 4.79 Å². The minimum atomic E-state index is 0.0694. The molecular formula is C9H13BrN2OS. The first-order chi connectivity index (χ1) is 6.72. The van der Waals surface area contributed by atoms with E-state index >= 15 is 0 Å². The molecule has 1 amide bonds. The van der Waals surface area contributed by atoms with Crippen molar-refractivity contribution in [3.8, 4) is 0 Å². The maximum absolute atomic E-state index is 11.2. The SMILES string of the molecule is NCCCC(=O)NCc1cc(Br)cs1. The second kappa shape index (κ2) is 6.16. The van der Waals surface area contributed by atoms with E-state index in [-0.39, 0.29) is 5.91 Å². The molecule has 3 nitrogen and oxygen atoms in total. The Bertz CT molecular complexity index is 301. The highest BCUT2D eigenvalue weighted by Gasteiger charge is 2.01. The van der Waals surface area contributed by atoms with Crippen LogP contribution in [0.5, 0.6) is 0 Å². The van der Waals surface area contributed by atoms with E-state index in [1.165, 1.54) is 0 Å². The van der Waals surface area contributed by atoms with E-state index in [1.54, 1.807) is 11.3 Å². The Morgan fingerprint density at radius 3 is 3.00 bits per heavy atom. The molecule has 0 aromatic carbocycles. The summed E-state index contributed by atoms with van der Waals surface area (Å²) in [5, 5.41) is 4.84. The lowest BCUT2D eigenvalue weighted by Gasteiger charge is -2.01. The number of rotatable bonds is 5. The molecule has 0 bridgehead atoms. The average molecular weight is 277 g/mol. The summed E-state index contributed by atoms with van der Waals surface area (Å²) < 4.78 is 1.06. The van der Waals surface area contributed by atoms with Crippen molar-refractivity contribution in [2.24, 2.45) is 5.73 Å². The van der Waals surface area contributed by atoms with Gasteiger partial charge in [-0.15, -0.1) is 11.3 Å². The predicted molar refractivity (Wildman–Crippen MR) is 62.2 cm³/mol. The third kappa shape index (κ3) is 4.21. The summed E-state index contributed by atoms with van der Waals surface area (Å²) in [5.74, 6) is 0.0694. The molecule has 0 spiro atoms. The highest BCUT2D eigenvalue weighted by molar-refractivity contribution is 9.10. The van der Waals surface area contributed by atoms with E-state index in [4.69, 9.17) is 5.73 Å². The van der Waals surface area contributed by atoms with Crippen LogP contribution in [0.25, 0.3) is 0 Å². The summed E-state index contributed by atoms with van der Waals surface area (Å²) in [5.41, 5.74) is 5.30. The van der Waals surface area contributed by atoms with Gasteiger partial charge < -0.3 is 11.1 Å². The van der Waals surface area contributed by atoms with E-state index in [1.807, 2.05) is 11.4 Å². The first kappa shape index (κ1) is 11.7. The van der Waals surface area contributed by atoms with Crippen LogP contribution >= 0.6 is 27.3 Å². The summed E-state index contributed by atoms with van der Waals surface area (Å²) >= 11 is 4.99. The van der Waals surface area contributed by atoms with Crippen LogP contribution in [-0.4, -0.2) is 12.5 Å². The van der Waals surface area contributed by atoms with Crippen molar-refractivity contribution < 1.29 is 4.79 Å². The Morgan fingerprint density at radius 1 is 1.64 bits per heavy atom. The molecule has 0 atom stereocenters. The van der Waals surface area contributed by atoms with E-state index in [0.29, 0.717) is 19.5 Å². The van der Waals surface area contributed by atoms with Crippen molar-refractivity contribution in [1.82, 2.24) is 5.32 Å². The van der Waals surface area contributed by atoms with Gasteiger partial charge in [0.1, 0.15) is 0 Å². The number of carbonyl (C=O) groups excluding carboxylic acids is 1. The zero-order valence-electron chi connectivity index (χ0n) is 7.75. The molecule has 0 saturated carbocycles. The number of thiophene rings is 1. The largest absolute Gasteiger partial charge is 0.351 e. The lowest BCUT2D eigenvalue weighted by Crippen LogP contribution is -2.22. The molecule has 0 unspecified atom stereocenters. The minimum absolute atomic E-state index is 0.0694. The summed E-state index contributed by atoms with van der Waals surface area (Å²) in [6.07, 6.45) is 1.27. The molecule has 1 aromatic rings. The highest BCUT2D eigenvalue weighted by atomic mass is 79.9. The van der Waals surface area contributed by atoms with E-state index in [9.17, 15) is 4.79 Å². The second-order valence-electron chi connectivity index (χ2n) is 2.90. The monoisotopic (exact) mass is 276 g/mol. The first-order valence-corrected chi connectivity index (χ1v) is 6.09. The molecule has 0 aliphatic carbocycles. The van der Waals surface area contributed by atoms with Crippen LogP contribution in [-0.2, 0) is 11.3 Å². The van der Waals surface area contributed by atoms with E-state index in [0.717, 1.165) is 15.8 Å². The molecule has 0 radical (unpaired) electrons. The Labute approximate surface area is 95.8 Å². The minimum Gasteiger partial charge on any atom is -0.351 e. The lowest BCUT2D eigenvalue weighted by molar-refractivity contribution is -0.121. The third-order valence-corrected chi connectivity index (χ3v) is 3.39. The fourth-order valence-electron chi connectivity index (χ4n) is 0.983. The molecule has 3 N–H and O–H groups in total. The normalized spacial score (nSPS) is 10.1. The van der Waals surface area contributed by atoms with Gasteiger partial charge in [-0.05, 0) is 35.0 Å². The summed E-state index contributed by atoms with van der Waals surface area (Å²) in [6.45, 7) is 1.18. The molecule has 0 aliphatic heterocycles. The zero-order valence-corrected chi connectivity index (χ0v) is 10.2. The number of carbonyl (C=O) groups is 1. The Morgan fingerprint density at radius 2 is 2.43 bits per heavy atom. The quantitative estimate of drug-likeness (QED) is 0.863. The van der Waals surface area contributed by atoms with Crippen LogP contribution in [0, 0.1) is 0 Å². The molecule has 0 saturated heterocycles. The first-order valence-electron chi connectivity index (χ1n) is 4.42. The average Bonchev–Trinajstić information content (AvgIpc) is 2.58. The fraction of sp³-hybridized carbons (Fsp3) is 0.444. The number of hydrogen-bond acceptors (Lipinski definition) is 3. The number of amides is 1. The van der Waals surface area contributed by atoms with Gasteiger partial charge in [-0.25, -0.2) is 0 Å². The van der Waals surface area contributed by atoms with Crippen LogP contribution in [0.2, 0.25) is 0 Å². The van der Waals surface area contributed by atoms with Crippen molar-refractivity contribution in [3.05, 3.63) is 20.8 Å². The fourth-order valence-corrected chi connectivity index (χ4v) is 2.37. The van der Waals surface area contributed by atoms with Gasteiger partial charge in [0.05, 0.1) is 6.54 Å². The van der Waals surface area contributed by atoms with Crippen molar-refractivity contribution in [2.45, 2.75) is 19.4 Å². The Balaban J connectivity index is 2.23. The summed E-state index contributed by atoms with van der Waals surface area (Å²) in [4.78, 5) is 12.4. The molecule has 0 fully saturated rings. The van der Waals surface area contributed by atoms with Crippen molar-refractivity contribution in [2.75, 3.05) is 6.54 Å². The number of nitrogens with one attached hydrogen (secondary N) is 1. The summed E-state index contributed by atoms with van der Waals surface area (Å²) in [7, 11) is 0. The van der Waals surface area contributed by atoms with Gasteiger partial charge in [0.2, 0.25) is 5.91 Å². The molecule has 1 rings (SSSR count). The second-order valence-corrected chi connectivity index (χ2v) is 4.81. The molecule has 1 aromatic heterocycles. The predicted octanol–water partition coefficient (Wildman–Crippen LogP) is 1.87. The van der Waals surface area contributed by atoms with Gasteiger partial charge >= 0.3 is 0 Å². The van der Waals surface area contributed by atoms with Gasteiger partial charge in [0.25, 0.3) is 0 Å². The van der Waals surface area contributed by atoms with E-state index in [2.05, 4.69) is 21.2 Å². The smallest absolute Gasteiger partial charge is 0.220 e. The van der Waals surface area contributed by atoms with Crippen molar-refractivity contribution >= 4 is 33.2 Å². The van der Waals surface area contributed by atoms with Gasteiger partial charge in [-0.2, -0.15) is 0 Å². The lowest BCUT2D eigenvalue weighted by atomic mass is 10.3. The molecule has 5 heteroatoms. The van der Waals surface area contributed by atoms with Gasteiger partial charge in [0.15, 0.2) is 0 Å². The van der Waals surface area contributed by atoms with Crippen LogP contribution in [0.4, 0.5) is 0 Å². The molecule has 1 heterocycles. The maximum atomic E-state index is 11.2. The van der Waals surface area contributed by atoms with Crippen LogP contribution in [0.1, 0.15) is 17.7 Å². The molecule has 14 heavy (non-hydrogen) atoms. The maximum Gasteiger partial charge on any atom is 0.220 e. The molecular weight excluding hydrogens is 264 g/mol. The number of halogens is 1. The Hall–Kier alpha value is -0.390. The molecule has 78 valence electrons. The number of hydrogen-bond donors (Lipinski definition) is 2. The van der Waals surface area contributed by atoms with E-state index < -0.39 is 0 Å². The van der Waals surface area contributed by atoms with Crippen LogP contribution < -0.4 is 11.1 Å². The van der Waals surface area contributed by atoms with Crippen LogP contribution in [0.3, 0.4) is 0 Å². The zero-order chi connectivity index (χ0) is 10.4. The summed E-state index contributed by atoms with van der Waals surface area (Å²) in [6, 6.07) is 2.01. The number of nitrogens with two attached hydrogens (primary N) is 1. The van der Waals surface area contributed by atoms with Crippen molar-refractivity contribution in [1.29, 1.82) is 0 Å². The van der Waals surface area contributed by atoms with Crippen LogP contribution in [0.15, 0.2) is 15.9 Å². The topological polar surface area (TPSA) is 55.1 Å². The van der Waals surface area contributed by atoms with Crippen molar-refractivity contribution in [3.63, 3.8) is 0 Å². The Kier molecular flexibility index (Phi) is 5.14. The third-order valence-electron chi connectivity index (χ3n) is 1.69. The van der Waals surface area contributed by atoms with Gasteiger partial charge in [-0.1, -0.05) is 0 Å². The van der Waals surface area contributed by atoms with Gasteiger partial charge in [0, 0.05) is 21.2 Å². The standard InChI is InChI=1S/C9H13BrN2OS/c10-7-4-8(14-6-7)5-12-9(13)2-1-3-11/h4,6H,1-3,5,11H2,(H,12,13). The highest BCUT2D eigenvalue weighted by Crippen LogP contribution is 2.19. The molecule has 0 aliphatic rings.